The predicted octanol–water partition coefficient (Wildman–Crippen LogP) is 4.97. The normalized spacial score (nSPS) is 11.8. The summed E-state index contributed by atoms with van der Waals surface area (Å²) < 4.78 is 29.8. The van der Waals surface area contributed by atoms with Crippen LogP contribution in [0.15, 0.2) is 146 Å². The van der Waals surface area contributed by atoms with Crippen molar-refractivity contribution < 1.29 is 9.13 Å². The van der Waals surface area contributed by atoms with Gasteiger partial charge in [-0.1, -0.05) is 140 Å². The van der Waals surface area contributed by atoms with Gasteiger partial charge in [-0.3, -0.25) is 0 Å². The van der Waals surface area contributed by atoms with Crippen molar-refractivity contribution in [2.75, 3.05) is 0 Å². The van der Waals surface area contributed by atoms with Gasteiger partial charge in [0.25, 0.3) is 0 Å². The molecule has 0 N–H and O–H groups in total. The third-order valence-electron chi connectivity index (χ3n) is 6.04. The van der Waals surface area contributed by atoms with Gasteiger partial charge in [0.15, 0.2) is 14.3 Å². The van der Waals surface area contributed by atoms with Gasteiger partial charge in [0.2, 0.25) is 0 Å². The number of hydrogen-bond donors (Lipinski definition) is 0. The Bertz CT molecular complexity index is 1280. The van der Waals surface area contributed by atoms with E-state index in [1.165, 1.54) is 0 Å². The predicted molar refractivity (Wildman–Crippen MR) is 145 cm³/mol. The molecule has 0 atom stereocenters. The van der Waals surface area contributed by atoms with Crippen molar-refractivity contribution in [1.29, 1.82) is 0 Å². The van der Waals surface area contributed by atoms with Gasteiger partial charge in [-0.2, -0.15) is 0 Å². The summed E-state index contributed by atoms with van der Waals surface area (Å²) in [4.78, 5) is 0. The van der Waals surface area contributed by atoms with E-state index in [4.69, 9.17) is 0 Å². The zero-order valence-electron chi connectivity index (χ0n) is 18.6. The Balaban J connectivity index is 1.76. The number of hydrogen-bond acceptors (Lipinski definition) is 2. The van der Waals surface area contributed by atoms with Crippen molar-refractivity contribution in [3.8, 4) is 0 Å². The highest BCUT2D eigenvalue weighted by molar-refractivity contribution is 7.86. The Hall–Kier alpha value is -3.44. The molecule has 0 bridgehead atoms. The van der Waals surface area contributed by atoms with Gasteiger partial charge in [0.1, 0.15) is 0 Å². The zero-order valence-corrected chi connectivity index (χ0v) is 20.4. The van der Waals surface area contributed by atoms with Crippen LogP contribution in [0, 0.1) is 0 Å². The van der Waals surface area contributed by atoms with E-state index in [9.17, 15) is 9.13 Å². The molecule has 0 aliphatic carbocycles. The highest BCUT2D eigenvalue weighted by Crippen LogP contribution is 2.45. The van der Waals surface area contributed by atoms with Crippen molar-refractivity contribution in [1.82, 2.24) is 0 Å². The molecule has 5 aromatic rings. The second-order valence-corrected chi connectivity index (χ2v) is 13.6. The monoisotopic (exact) mass is 478 g/mol. The molecule has 0 spiro atoms. The molecule has 5 rings (SSSR count). The van der Waals surface area contributed by atoms with Crippen molar-refractivity contribution in [2.24, 2.45) is 0 Å². The molecule has 0 saturated heterocycles. The second kappa shape index (κ2) is 9.43. The van der Waals surface area contributed by atoms with E-state index in [2.05, 4.69) is 0 Å². The first-order chi connectivity index (χ1) is 16.6. The van der Waals surface area contributed by atoms with Crippen LogP contribution in [0.1, 0.15) is 0 Å². The lowest BCUT2D eigenvalue weighted by molar-refractivity contribution is 0.592. The van der Waals surface area contributed by atoms with Crippen LogP contribution in [0.25, 0.3) is 0 Å². The van der Waals surface area contributed by atoms with E-state index in [1.54, 1.807) is 0 Å². The maximum Gasteiger partial charge on any atom is 0.171 e. The van der Waals surface area contributed by atoms with Gasteiger partial charge >= 0.3 is 0 Å². The molecule has 34 heavy (non-hydrogen) atoms. The molecule has 0 fully saturated rings. The fourth-order valence-corrected chi connectivity index (χ4v) is 9.82. The molecule has 5 aromatic carbocycles. The SMILES string of the molecule is O=P(c1ccccc1)(c1ccccc1)c1cccc(P(=O)(c2ccccc2)c2ccccc2)c1. The largest absolute Gasteiger partial charge is 0.309 e. The molecule has 0 saturated carbocycles. The molecular formula is C30H24O2P2. The van der Waals surface area contributed by atoms with Crippen LogP contribution in [-0.4, -0.2) is 0 Å². The van der Waals surface area contributed by atoms with Crippen molar-refractivity contribution >= 4 is 46.1 Å². The summed E-state index contributed by atoms with van der Waals surface area (Å²) >= 11 is 0. The fourth-order valence-electron chi connectivity index (χ4n) is 4.33. The van der Waals surface area contributed by atoms with Gasteiger partial charge in [-0.15, -0.1) is 0 Å². The first-order valence-electron chi connectivity index (χ1n) is 11.2. The topological polar surface area (TPSA) is 34.1 Å². The Morgan fingerprint density at radius 3 is 0.794 bits per heavy atom. The van der Waals surface area contributed by atoms with Crippen LogP contribution < -0.4 is 31.8 Å². The third kappa shape index (κ3) is 3.90. The summed E-state index contributed by atoms with van der Waals surface area (Å²) in [7, 11) is -6.35. The lowest BCUT2D eigenvalue weighted by Crippen LogP contribution is -2.30. The minimum Gasteiger partial charge on any atom is -0.309 e. The van der Waals surface area contributed by atoms with E-state index < -0.39 is 14.3 Å². The van der Waals surface area contributed by atoms with E-state index in [0.717, 1.165) is 21.2 Å². The van der Waals surface area contributed by atoms with Crippen molar-refractivity contribution in [3.63, 3.8) is 0 Å². The molecule has 2 nitrogen and oxygen atoms in total. The van der Waals surface area contributed by atoms with Gasteiger partial charge in [0, 0.05) is 31.8 Å². The maximum absolute atomic E-state index is 14.9. The summed E-state index contributed by atoms with van der Waals surface area (Å²) in [5.41, 5.74) is 0. The molecule has 166 valence electrons. The van der Waals surface area contributed by atoms with E-state index >= 15 is 0 Å². The first kappa shape index (κ1) is 22.4. The minimum atomic E-state index is -3.18. The molecule has 0 aliphatic rings. The average molecular weight is 478 g/mol. The highest BCUT2D eigenvalue weighted by atomic mass is 31.2. The molecule has 4 heteroatoms. The van der Waals surface area contributed by atoms with Crippen LogP contribution in [0.4, 0.5) is 0 Å². The van der Waals surface area contributed by atoms with Gasteiger partial charge < -0.3 is 9.13 Å². The summed E-state index contributed by atoms with van der Waals surface area (Å²) in [6, 6.07) is 45.8. The Kier molecular flexibility index (Phi) is 6.20. The van der Waals surface area contributed by atoms with Crippen LogP contribution in [0.3, 0.4) is 0 Å². The van der Waals surface area contributed by atoms with E-state index in [1.807, 2.05) is 146 Å². The van der Waals surface area contributed by atoms with Crippen LogP contribution >= 0.6 is 14.3 Å². The average Bonchev–Trinajstić information content (AvgIpc) is 2.94. The molecular weight excluding hydrogens is 454 g/mol. The quantitative estimate of drug-likeness (QED) is 0.323. The van der Waals surface area contributed by atoms with Crippen LogP contribution in [-0.2, 0) is 9.13 Å². The molecule has 0 aliphatic heterocycles. The maximum atomic E-state index is 14.9. The van der Waals surface area contributed by atoms with Gasteiger partial charge in [-0.05, 0) is 6.07 Å². The highest BCUT2D eigenvalue weighted by Gasteiger charge is 2.34. The molecule has 0 unspecified atom stereocenters. The number of rotatable bonds is 6. The van der Waals surface area contributed by atoms with E-state index in [-0.39, 0.29) is 0 Å². The van der Waals surface area contributed by atoms with Crippen LogP contribution in [0.5, 0.6) is 0 Å². The van der Waals surface area contributed by atoms with Crippen molar-refractivity contribution in [3.05, 3.63) is 146 Å². The zero-order chi connectivity index (χ0) is 23.4. The Morgan fingerprint density at radius 1 is 0.294 bits per heavy atom. The molecule has 0 aromatic heterocycles. The fraction of sp³-hybridized carbons (Fsp3) is 0. The smallest absolute Gasteiger partial charge is 0.171 e. The Labute approximate surface area is 200 Å². The Morgan fingerprint density at radius 2 is 0.529 bits per heavy atom. The lowest BCUT2D eigenvalue weighted by Gasteiger charge is -2.24. The van der Waals surface area contributed by atoms with Gasteiger partial charge in [-0.25, -0.2) is 0 Å². The summed E-state index contributed by atoms with van der Waals surface area (Å²) in [5, 5.41) is 4.38. The van der Waals surface area contributed by atoms with Crippen LogP contribution in [0.2, 0.25) is 0 Å². The minimum absolute atomic E-state index is 0.675. The first-order valence-corrected chi connectivity index (χ1v) is 14.6. The second-order valence-electron chi connectivity index (χ2n) is 8.08. The third-order valence-corrected chi connectivity index (χ3v) is 12.1. The molecule has 0 radical (unpaired) electrons. The van der Waals surface area contributed by atoms with Crippen molar-refractivity contribution in [2.45, 2.75) is 0 Å². The molecule has 0 amide bonds. The van der Waals surface area contributed by atoms with Gasteiger partial charge in [0.05, 0.1) is 0 Å². The summed E-state index contributed by atoms with van der Waals surface area (Å²) in [5.74, 6) is 0. The van der Waals surface area contributed by atoms with E-state index in [0.29, 0.717) is 10.6 Å². The lowest BCUT2D eigenvalue weighted by atomic mass is 10.3. The summed E-state index contributed by atoms with van der Waals surface area (Å²) in [6.45, 7) is 0. The molecule has 0 heterocycles. The summed E-state index contributed by atoms with van der Waals surface area (Å²) in [6.07, 6.45) is 0. The number of benzene rings is 5. The standard InChI is InChI=1S/C30H24O2P2/c31-33(25-14-5-1-6-15-25,26-16-7-2-8-17-26)29-22-13-23-30(24-29)34(32,27-18-9-3-10-19-27)28-20-11-4-12-21-28/h1-24H.